The van der Waals surface area contributed by atoms with Gasteiger partial charge in [0.05, 0.1) is 24.2 Å². The summed E-state index contributed by atoms with van der Waals surface area (Å²) in [6.07, 6.45) is 1.77. The fraction of sp³-hybridized carbons (Fsp3) is 0.348. The number of anilines is 1. The minimum absolute atomic E-state index is 0.00393. The fourth-order valence-corrected chi connectivity index (χ4v) is 3.94. The number of hydrogen-bond acceptors (Lipinski definition) is 6. The minimum atomic E-state index is -0.0248. The minimum Gasteiger partial charge on any atom is -0.493 e. The van der Waals surface area contributed by atoms with E-state index in [1.165, 1.54) is 0 Å². The molecule has 0 radical (unpaired) electrons. The number of ether oxygens (including phenoxy) is 2. The Balaban J connectivity index is 1.38. The van der Waals surface area contributed by atoms with Crippen molar-refractivity contribution in [1.29, 1.82) is 0 Å². The van der Waals surface area contributed by atoms with Gasteiger partial charge in [-0.2, -0.15) is 5.10 Å². The SMILES string of the molecule is COc1ccccc1OCC(=O)N1CCN(c2c(C)nn(-c3ccccn3)c2C)CC1. The molecule has 4 rings (SSSR count). The average molecular weight is 422 g/mol. The maximum absolute atomic E-state index is 12.7. The van der Waals surface area contributed by atoms with Crippen molar-refractivity contribution in [3.05, 3.63) is 60.0 Å². The smallest absolute Gasteiger partial charge is 0.260 e. The first kappa shape index (κ1) is 20.7. The number of nitrogens with zero attached hydrogens (tertiary/aromatic N) is 5. The third-order valence-electron chi connectivity index (χ3n) is 5.49. The van der Waals surface area contributed by atoms with Crippen molar-refractivity contribution in [3.8, 4) is 17.3 Å². The number of para-hydroxylation sites is 2. The Morgan fingerprint density at radius 2 is 1.71 bits per heavy atom. The Bertz CT molecular complexity index is 1040. The number of hydrogen-bond donors (Lipinski definition) is 0. The zero-order valence-electron chi connectivity index (χ0n) is 18.1. The summed E-state index contributed by atoms with van der Waals surface area (Å²) in [7, 11) is 1.59. The van der Waals surface area contributed by atoms with Gasteiger partial charge in [-0.05, 0) is 38.1 Å². The first-order valence-electron chi connectivity index (χ1n) is 10.3. The zero-order chi connectivity index (χ0) is 21.8. The summed E-state index contributed by atoms with van der Waals surface area (Å²) in [5.74, 6) is 1.97. The molecule has 0 saturated carbocycles. The number of rotatable bonds is 6. The lowest BCUT2D eigenvalue weighted by Gasteiger charge is -2.36. The molecule has 8 nitrogen and oxygen atoms in total. The van der Waals surface area contributed by atoms with Gasteiger partial charge in [-0.15, -0.1) is 0 Å². The summed E-state index contributed by atoms with van der Waals surface area (Å²) in [4.78, 5) is 21.2. The van der Waals surface area contributed by atoms with Gasteiger partial charge in [0.2, 0.25) is 0 Å². The van der Waals surface area contributed by atoms with Crippen LogP contribution in [0.4, 0.5) is 5.69 Å². The van der Waals surface area contributed by atoms with Gasteiger partial charge in [0, 0.05) is 32.4 Å². The van der Waals surface area contributed by atoms with Crippen LogP contribution < -0.4 is 14.4 Å². The highest BCUT2D eigenvalue weighted by molar-refractivity contribution is 5.78. The molecule has 162 valence electrons. The predicted octanol–water partition coefficient (Wildman–Crippen LogP) is 2.62. The normalized spacial score (nSPS) is 13.9. The molecule has 1 aromatic carbocycles. The number of methoxy groups -OCH3 is 1. The number of piperazine rings is 1. The molecule has 0 bridgehead atoms. The lowest BCUT2D eigenvalue weighted by Crippen LogP contribution is -2.50. The van der Waals surface area contributed by atoms with E-state index >= 15 is 0 Å². The van der Waals surface area contributed by atoms with Crippen LogP contribution >= 0.6 is 0 Å². The summed E-state index contributed by atoms with van der Waals surface area (Å²) >= 11 is 0. The van der Waals surface area contributed by atoms with Crippen molar-refractivity contribution in [2.45, 2.75) is 13.8 Å². The summed E-state index contributed by atoms with van der Waals surface area (Å²) in [5, 5.41) is 4.69. The Morgan fingerprint density at radius 3 is 2.39 bits per heavy atom. The molecule has 1 aliphatic heterocycles. The molecule has 1 saturated heterocycles. The van der Waals surface area contributed by atoms with Crippen LogP contribution in [0.2, 0.25) is 0 Å². The Kier molecular flexibility index (Phi) is 6.06. The second kappa shape index (κ2) is 9.07. The largest absolute Gasteiger partial charge is 0.493 e. The van der Waals surface area contributed by atoms with E-state index in [9.17, 15) is 4.79 Å². The third-order valence-corrected chi connectivity index (χ3v) is 5.49. The molecule has 0 aliphatic carbocycles. The monoisotopic (exact) mass is 421 g/mol. The average Bonchev–Trinajstić information content (AvgIpc) is 3.12. The van der Waals surface area contributed by atoms with Gasteiger partial charge in [-0.25, -0.2) is 9.67 Å². The molecule has 0 spiro atoms. The van der Waals surface area contributed by atoms with Gasteiger partial charge >= 0.3 is 0 Å². The third kappa shape index (κ3) is 4.33. The predicted molar refractivity (Wildman–Crippen MR) is 118 cm³/mol. The molecule has 3 aromatic rings. The first-order chi connectivity index (χ1) is 15.1. The summed E-state index contributed by atoms with van der Waals surface area (Å²) < 4.78 is 12.8. The molecule has 1 fully saturated rings. The maximum atomic E-state index is 12.7. The Hall–Kier alpha value is -3.55. The van der Waals surface area contributed by atoms with E-state index in [0.717, 1.165) is 36.0 Å². The zero-order valence-corrected chi connectivity index (χ0v) is 18.1. The Morgan fingerprint density at radius 1 is 1.00 bits per heavy atom. The van der Waals surface area contributed by atoms with E-state index in [-0.39, 0.29) is 12.5 Å². The van der Waals surface area contributed by atoms with Gasteiger partial charge in [0.25, 0.3) is 5.91 Å². The van der Waals surface area contributed by atoms with Crippen molar-refractivity contribution < 1.29 is 14.3 Å². The van der Waals surface area contributed by atoms with Gasteiger partial charge in [-0.1, -0.05) is 18.2 Å². The fourth-order valence-electron chi connectivity index (χ4n) is 3.94. The van der Waals surface area contributed by atoms with Crippen LogP contribution in [0.15, 0.2) is 48.7 Å². The first-order valence-corrected chi connectivity index (χ1v) is 10.3. The van der Waals surface area contributed by atoms with Crippen LogP contribution in [0.3, 0.4) is 0 Å². The lowest BCUT2D eigenvalue weighted by molar-refractivity contribution is -0.133. The van der Waals surface area contributed by atoms with E-state index < -0.39 is 0 Å². The number of carbonyl (C=O) groups excluding carboxylic acids is 1. The van der Waals surface area contributed by atoms with E-state index in [1.807, 2.05) is 52.9 Å². The van der Waals surface area contributed by atoms with Gasteiger partial charge < -0.3 is 19.3 Å². The standard InChI is InChI=1S/C23H27N5O3/c1-17-23(18(2)28(25-17)21-10-6-7-11-24-21)27-14-12-26(13-15-27)22(29)16-31-20-9-5-4-8-19(20)30-3/h4-11H,12-16H2,1-3H3. The second-order valence-corrected chi connectivity index (χ2v) is 7.43. The molecule has 31 heavy (non-hydrogen) atoms. The highest BCUT2D eigenvalue weighted by Gasteiger charge is 2.26. The molecular weight excluding hydrogens is 394 g/mol. The maximum Gasteiger partial charge on any atom is 0.260 e. The number of amides is 1. The molecule has 1 amide bonds. The molecular formula is C23H27N5O3. The van der Waals surface area contributed by atoms with Gasteiger partial charge in [0.1, 0.15) is 0 Å². The number of pyridine rings is 1. The molecule has 1 aliphatic rings. The summed E-state index contributed by atoms with van der Waals surface area (Å²) in [6, 6.07) is 13.1. The van der Waals surface area contributed by atoms with E-state index in [2.05, 4.69) is 21.9 Å². The van der Waals surface area contributed by atoms with Crippen LogP contribution in [-0.2, 0) is 4.79 Å². The molecule has 8 heteroatoms. The quantitative estimate of drug-likeness (QED) is 0.609. The topological polar surface area (TPSA) is 72.7 Å². The molecule has 3 heterocycles. The molecule has 2 aromatic heterocycles. The second-order valence-electron chi connectivity index (χ2n) is 7.43. The number of aryl methyl sites for hydroxylation is 1. The highest BCUT2D eigenvalue weighted by atomic mass is 16.5. The lowest BCUT2D eigenvalue weighted by atomic mass is 10.2. The van der Waals surface area contributed by atoms with Crippen molar-refractivity contribution in [2.75, 3.05) is 44.8 Å². The number of aromatic nitrogens is 3. The van der Waals surface area contributed by atoms with Gasteiger partial charge in [0.15, 0.2) is 23.9 Å². The molecule has 0 unspecified atom stereocenters. The van der Waals surface area contributed by atoms with Gasteiger partial charge in [-0.3, -0.25) is 4.79 Å². The summed E-state index contributed by atoms with van der Waals surface area (Å²) in [6.45, 7) is 6.84. The van der Waals surface area contributed by atoms with Crippen molar-refractivity contribution in [1.82, 2.24) is 19.7 Å². The van der Waals surface area contributed by atoms with Crippen LogP contribution in [0.25, 0.3) is 5.82 Å². The number of benzene rings is 1. The van der Waals surface area contributed by atoms with E-state index in [1.54, 1.807) is 19.4 Å². The summed E-state index contributed by atoms with van der Waals surface area (Å²) in [5.41, 5.74) is 3.13. The van der Waals surface area contributed by atoms with Crippen LogP contribution in [0, 0.1) is 13.8 Å². The van der Waals surface area contributed by atoms with Crippen LogP contribution in [0.5, 0.6) is 11.5 Å². The molecule has 0 N–H and O–H groups in total. The van der Waals surface area contributed by atoms with Crippen LogP contribution in [-0.4, -0.2) is 65.5 Å². The van der Waals surface area contributed by atoms with E-state index in [4.69, 9.17) is 9.47 Å². The molecule has 0 atom stereocenters. The van der Waals surface area contributed by atoms with Crippen LogP contribution in [0.1, 0.15) is 11.4 Å². The van der Waals surface area contributed by atoms with Crippen molar-refractivity contribution in [2.24, 2.45) is 0 Å². The Labute approximate surface area is 182 Å². The number of carbonyl (C=O) groups is 1. The van der Waals surface area contributed by atoms with E-state index in [0.29, 0.717) is 24.6 Å². The van der Waals surface area contributed by atoms with Crippen molar-refractivity contribution in [3.63, 3.8) is 0 Å². The van der Waals surface area contributed by atoms with Crippen molar-refractivity contribution >= 4 is 11.6 Å². The highest BCUT2D eigenvalue weighted by Crippen LogP contribution is 2.28.